The van der Waals surface area contributed by atoms with Crippen LogP contribution in [0.4, 0.5) is 0 Å². The van der Waals surface area contributed by atoms with Crippen molar-refractivity contribution in [3.05, 3.63) is 0 Å². The maximum absolute atomic E-state index is 5.86. The lowest BCUT2D eigenvalue weighted by atomic mass is 9.92. The molecule has 0 bridgehead atoms. The van der Waals surface area contributed by atoms with Crippen LogP contribution in [0.25, 0.3) is 0 Å². The van der Waals surface area contributed by atoms with Gasteiger partial charge in [-0.15, -0.1) is 0 Å². The second kappa shape index (κ2) is 3.97. The van der Waals surface area contributed by atoms with Gasteiger partial charge in [0.2, 0.25) is 0 Å². The van der Waals surface area contributed by atoms with Gasteiger partial charge in [-0.2, -0.15) is 0 Å². The Labute approximate surface area is 81.3 Å². The van der Waals surface area contributed by atoms with E-state index in [1.807, 2.05) is 0 Å². The van der Waals surface area contributed by atoms with Gasteiger partial charge in [-0.05, 0) is 50.5 Å². The SMILES string of the molecule is CC1CC1CNC1CCC(N)CC1. The first kappa shape index (κ1) is 9.47. The van der Waals surface area contributed by atoms with E-state index in [1.54, 1.807) is 0 Å². The molecule has 2 atom stereocenters. The summed E-state index contributed by atoms with van der Waals surface area (Å²) in [5.41, 5.74) is 5.86. The molecule has 0 aliphatic heterocycles. The van der Waals surface area contributed by atoms with E-state index >= 15 is 0 Å². The summed E-state index contributed by atoms with van der Waals surface area (Å²) < 4.78 is 0. The highest BCUT2D eigenvalue weighted by Gasteiger charge is 2.32. The molecule has 0 saturated heterocycles. The minimum atomic E-state index is 0.484. The predicted octanol–water partition coefficient (Wildman–Crippen LogP) is 1.50. The number of hydrogen-bond donors (Lipinski definition) is 2. The van der Waals surface area contributed by atoms with Crippen LogP contribution in [0, 0.1) is 11.8 Å². The standard InChI is InChI=1S/C11H22N2/c1-8-6-9(8)7-13-11-4-2-10(12)3-5-11/h8-11,13H,2-7,12H2,1H3. The highest BCUT2D eigenvalue weighted by atomic mass is 14.9. The summed E-state index contributed by atoms with van der Waals surface area (Å²) in [6.45, 7) is 3.60. The maximum atomic E-state index is 5.86. The molecular formula is C11H22N2. The minimum Gasteiger partial charge on any atom is -0.328 e. The Morgan fingerprint density at radius 2 is 1.85 bits per heavy atom. The first-order chi connectivity index (χ1) is 6.25. The average Bonchev–Trinajstić information content (AvgIpc) is 2.81. The summed E-state index contributed by atoms with van der Waals surface area (Å²) in [7, 11) is 0. The van der Waals surface area contributed by atoms with Crippen LogP contribution in [0.1, 0.15) is 39.0 Å². The van der Waals surface area contributed by atoms with Gasteiger partial charge in [-0.1, -0.05) is 6.92 Å². The van der Waals surface area contributed by atoms with E-state index in [4.69, 9.17) is 5.73 Å². The van der Waals surface area contributed by atoms with Crippen LogP contribution in [-0.4, -0.2) is 18.6 Å². The molecule has 13 heavy (non-hydrogen) atoms. The summed E-state index contributed by atoms with van der Waals surface area (Å²) in [6, 6.07) is 1.26. The van der Waals surface area contributed by atoms with Crippen LogP contribution in [0.3, 0.4) is 0 Å². The van der Waals surface area contributed by atoms with Crippen LogP contribution < -0.4 is 11.1 Å². The van der Waals surface area contributed by atoms with Gasteiger partial charge in [-0.25, -0.2) is 0 Å². The number of nitrogens with one attached hydrogen (secondary N) is 1. The summed E-state index contributed by atoms with van der Waals surface area (Å²) >= 11 is 0. The Kier molecular flexibility index (Phi) is 2.89. The minimum absolute atomic E-state index is 0.484. The van der Waals surface area contributed by atoms with Gasteiger partial charge < -0.3 is 11.1 Å². The monoisotopic (exact) mass is 182 g/mol. The quantitative estimate of drug-likeness (QED) is 0.694. The van der Waals surface area contributed by atoms with Crippen LogP contribution >= 0.6 is 0 Å². The molecule has 0 aromatic heterocycles. The molecule has 0 aromatic rings. The predicted molar refractivity (Wildman–Crippen MR) is 55.5 cm³/mol. The zero-order chi connectivity index (χ0) is 9.26. The average molecular weight is 182 g/mol. The lowest BCUT2D eigenvalue weighted by Crippen LogP contribution is -2.38. The molecule has 3 N–H and O–H groups in total. The summed E-state index contributed by atoms with van der Waals surface area (Å²) in [4.78, 5) is 0. The van der Waals surface area contributed by atoms with Crippen molar-refractivity contribution in [2.75, 3.05) is 6.54 Å². The summed E-state index contributed by atoms with van der Waals surface area (Å²) in [5, 5.41) is 3.68. The third-order valence-electron chi connectivity index (χ3n) is 3.72. The van der Waals surface area contributed by atoms with Gasteiger partial charge in [0.05, 0.1) is 0 Å². The van der Waals surface area contributed by atoms with Gasteiger partial charge in [0, 0.05) is 12.1 Å². The van der Waals surface area contributed by atoms with Crippen LogP contribution in [0.5, 0.6) is 0 Å². The third-order valence-corrected chi connectivity index (χ3v) is 3.72. The Balaban J connectivity index is 1.60. The molecule has 2 saturated carbocycles. The van der Waals surface area contributed by atoms with Gasteiger partial charge in [0.1, 0.15) is 0 Å². The molecule has 2 fully saturated rings. The molecule has 2 heteroatoms. The van der Waals surface area contributed by atoms with Gasteiger partial charge in [0.15, 0.2) is 0 Å². The highest BCUT2D eigenvalue weighted by Crippen LogP contribution is 2.37. The second-order valence-corrected chi connectivity index (χ2v) is 4.99. The zero-order valence-corrected chi connectivity index (χ0v) is 8.63. The normalized spacial score (nSPS) is 44.8. The fraction of sp³-hybridized carbons (Fsp3) is 1.00. The molecule has 2 aliphatic rings. The smallest absolute Gasteiger partial charge is 0.00683 e. The molecule has 2 nitrogen and oxygen atoms in total. The van der Waals surface area contributed by atoms with E-state index in [-0.39, 0.29) is 0 Å². The van der Waals surface area contributed by atoms with Crippen molar-refractivity contribution >= 4 is 0 Å². The Morgan fingerprint density at radius 1 is 1.23 bits per heavy atom. The third kappa shape index (κ3) is 2.68. The molecule has 0 heterocycles. The molecule has 2 aliphatic carbocycles. The van der Waals surface area contributed by atoms with Crippen molar-refractivity contribution in [1.29, 1.82) is 0 Å². The lowest BCUT2D eigenvalue weighted by Gasteiger charge is -2.26. The second-order valence-electron chi connectivity index (χ2n) is 4.99. The molecule has 76 valence electrons. The summed E-state index contributed by atoms with van der Waals surface area (Å²) in [6.07, 6.45) is 6.47. The topological polar surface area (TPSA) is 38.0 Å². The van der Waals surface area contributed by atoms with Gasteiger partial charge >= 0.3 is 0 Å². The van der Waals surface area contributed by atoms with Crippen molar-refractivity contribution < 1.29 is 0 Å². The fourth-order valence-electron chi connectivity index (χ4n) is 2.32. The zero-order valence-electron chi connectivity index (χ0n) is 8.63. The first-order valence-electron chi connectivity index (χ1n) is 5.74. The van der Waals surface area contributed by atoms with E-state index in [1.165, 1.54) is 38.6 Å². The summed E-state index contributed by atoms with van der Waals surface area (Å²) in [5.74, 6) is 1.97. The van der Waals surface area contributed by atoms with Crippen molar-refractivity contribution in [3.63, 3.8) is 0 Å². The molecule has 0 aromatic carbocycles. The van der Waals surface area contributed by atoms with Crippen molar-refractivity contribution in [2.45, 2.75) is 51.1 Å². The van der Waals surface area contributed by atoms with E-state index in [0.717, 1.165) is 17.9 Å². The van der Waals surface area contributed by atoms with Crippen molar-refractivity contribution in [1.82, 2.24) is 5.32 Å². The molecule has 2 unspecified atom stereocenters. The van der Waals surface area contributed by atoms with E-state index < -0.39 is 0 Å². The van der Waals surface area contributed by atoms with E-state index in [0.29, 0.717) is 6.04 Å². The molecular weight excluding hydrogens is 160 g/mol. The molecule has 0 spiro atoms. The van der Waals surface area contributed by atoms with Crippen LogP contribution in [0.15, 0.2) is 0 Å². The lowest BCUT2D eigenvalue weighted by molar-refractivity contribution is 0.338. The van der Waals surface area contributed by atoms with Crippen molar-refractivity contribution in [3.8, 4) is 0 Å². The van der Waals surface area contributed by atoms with E-state index in [9.17, 15) is 0 Å². The Morgan fingerprint density at radius 3 is 2.38 bits per heavy atom. The molecule has 0 amide bonds. The fourth-order valence-corrected chi connectivity index (χ4v) is 2.32. The number of nitrogens with two attached hydrogens (primary N) is 1. The van der Waals surface area contributed by atoms with E-state index in [2.05, 4.69) is 12.2 Å². The van der Waals surface area contributed by atoms with Crippen molar-refractivity contribution in [2.24, 2.45) is 17.6 Å². The van der Waals surface area contributed by atoms with Crippen LogP contribution in [-0.2, 0) is 0 Å². The number of hydrogen-bond acceptors (Lipinski definition) is 2. The van der Waals surface area contributed by atoms with Gasteiger partial charge in [-0.3, -0.25) is 0 Å². The Bertz CT molecular complexity index is 161. The first-order valence-corrected chi connectivity index (χ1v) is 5.74. The largest absolute Gasteiger partial charge is 0.328 e. The van der Waals surface area contributed by atoms with Crippen LogP contribution in [0.2, 0.25) is 0 Å². The Hall–Kier alpha value is -0.0800. The van der Waals surface area contributed by atoms with Gasteiger partial charge in [0.25, 0.3) is 0 Å². The maximum Gasteiger partial charge on any atom is 0.00683 e. The molecule has 2 rings (SSSR count). The highest BCUT2D eigenvalue weighted by molar-refractivity contribution is 4.86. The molecule has 0 radical (unpaired) electrons. The number of rotatable bonds is 3.